The number of piperidine rings is 1. The van der Waals surface area contributed by atoms with Gasteiger partial charge in [-0.05, 0) is 69.0 Å². The zero-order chi connectivity index (χ0) is 26.3. The van der Waals surface area contributed by atoms with Gasteiger partial charge in [-0.3, -0.25) is 14.5 Å². The molecule has 0 aromatic heterocycles. The summed E-state index contributed by atoms with van der Waals surface area (Å²) in [4.78, 5) is 29.1. The zero-order valence-corrected chi connectivity index (χ0v) is 22.1. The van der Waals surface area contributed by atoms with E-state index in [0.717, 1.165) is 12.5 Å². The molecule has 3 rings (SSSR count). The molecule has 0 saturated carbocycles. The quantitative estimate of drug-likeness (QED) is 0.494. The van der Waals surface area contributed by atoms with Crippen LogP contribution >= 0.6 is 0 Å². The minimum Gasteiger partial charge on any atom is -0.326 e. The van der Waals surface area contributed by atoms with Crippen LogP contribution in [0.1, 0.15) is 56.8 Å². The number of carbonyl (C=O) groups is 2. The number of nitrogens with zero attached hydrogens (tertiary/aromatic N) is 2. The summed E-state index contributed by atoms with van der Waals surface area (Å²) in [6.45, 7) is 7.09. The van der Waals surface area contributed by atoms with Crippen LogP contribution in [-0.4, -0.2) is 55.9 Å². The van der Waals surface area contributed by atoms with E-state index in [2.05, 4.69) is 5.32 Å². The molecule has 2 amide bonds. The van der Waals surface area contributed by atoms with E-state index in [-0.39, 0.29) is 35.2 Å². The van der Waals surface area contributed by atoms with E-state index < -0.39 is 26.9 Å². The number of benzene rings is 2. The van der Waals surface area contributed by atoms with Crippen LogP contribution in [0.5, 0.6) is 0 Å². The molecular formula is C27H36FN3O4S. The Bertz CT molecular complexity index is 1160. The van der Waals surface area contributed by atoms with Crippen molar-refractivity contribution in [1.29, 1.82) is 0 Å². The number of anilines is 2. The predicted molar refractivity (Wildman–Crippen MR) is 141 cm³/mol. The first-order chi connectivity index (χ1) is 17.2. The standard InChI is InChI=1S/C27H36FN3O4S/c1-4-16-30-19-20(12-15-26(30)36(34,35)6-3)17-25(32)29-21-13-14-23(24(28)18-21)27(33)31(5-2)22-10-8-7-9-11-22/h7-11,13-14,18,20,26H,4-6,12,15-17,19H2,1-3H3,(H,29,32). The average Bonchev–Trinajstić information content (AvgIpc) is 2.85. The molecule has 0 bridgehead atoms. The lowest BCUT2D eigenvalue weighted by Crippen LogP contribution is -2.48. The molecule has 1 saturated heterocycles. The van der Waals surface area contributed by atoms with Crippen LogP contribution < -0.4 is 10.2 Å². The summed E-state index contributed by atoms with van der Waals surface area (Å²) < 4.78 is 39.8. The molecule has 0 spiro atoms. The third-order valence-electron chi connectivity index (χ3n) is 6.64. The fourth-order valence-corrected chi connectivity index (χ4v) is 6.35. The number of sulfone groups is 1. The van der Waals surface area contributed by atoms with Crippen molar-refractivity contribution in [3.63, 3.8) is 0 Å². The van der Waals surface area contributed by atoms with Gasteiger partial charge in [-0.15, -0.1) is 0 Å². The lowest BCUT2D eigenvalue weighted by molar-refractivity contribution is -0.117. The fraction of sp³-hybridized carbons (Fsp3) is 0.481. The normalized spacial score (nSPS) is 18.6. The molecule has 2 unspecified atom stereocenters. The summed E-state index contributed by atoms with van der Waals surface area (Å²) in [6.07, 6.45) is 2.21. The third kappa shape index (κ3) is 6.70. The van der Waals surface area contributed by atoms with Crippen LogP contribution in [0.4, 0.5) is 15.8 Å². The number of para-hydroxylation sites is 1. The number of halogens is 1. The van der Waals surface area contributed by atoms with Crippen molar-refractivity contribution in [2.75, 3.05) is 35.6 Å². The third-order valence-corrected chi connectivity index (χ3v) is 8.80. The van der Waals surface area contributed by atoms with Crippen LogP contribution in [0, 0.1) is 11.7 Å². The molecule has 2 atom stereocenters. The number of hydrogen-bond acceptors (Lipinski definition) is 5. The van der Waals surface area contributed by atoms with Crippen molar-refractivity contribution >= 4 is 33.0 Å². The summed E-state index contributed by atoms with van der Waals surface area (Å²) in [7, 11) is -3.18. The lowest BCUT2D eigenvalue weighted by atomic mass is 9.94. The maximum atomic E-state index is 14.9. The van der Waals surface area contributed by atoms with Crippen molar-refractivity contribution in [2.24, 2.45) is 5.92 Å². The Balaban J connectivity index is 1.63. The molecule has 0 radical (unpaired) electrons. The van der Waals surface area contributed by atoms with Gasteiger partial charge < -0.3 is 10.2 Å². The highest BCUT2D eigenvalue weighted by atomic mass is 32.2. The van der Waals surface area contributed by atoms with Gasteiger partial charge >= 0.3 is 0 Å². The number of hydrogen-bond donors (Lipinski definition) is 1. The van der Waals surface area contributed by atoms with Gasteiger partial charge in [0.1, 0.15) is 11.2 Å². The molecule has 2 aromatic rings. The minimum absolute atomic E-state index is 0.0227. The van der Waals surface area contributed by atoms with Crippen molar-refractivity contribution in [3.8, 4) is 0 Å². The monoisotopic (exact) mass is 517 g/mol. The fourth-order valence-electron chi connectivity index (χ4n) is 4.83. The number of likely N-dealkylation sites (tertiary alicyclic amines) is 1. The molecule has 1 fully saturated rings. The van der Waals surface area contributed by atoms with Gasteiger partial charge in [-0.2, -0.15) is 0 Å². The Morgan fingerprint density at radius 1 is 1.08 bits per heavy atom. The topological polar surface area (TPSA) is 86.8 Å². The maximum absolute atomic E-state index is 14.9. The first-order valence-electron chi connectivity index (χ1n) is 12.6. The molecule has 1 N–H and O–H groups in total. The summed E-state index contributed by atoms with van der Waals surface area (Å²) in [5.74, 6) is -1.28. The Kier molecular flexibility index (Phi) is 9.62. The molecule has 1 aliphatic heterocycles. The Morgan fingerprint density at radius 3 is 2.42 bits per heavy atom. The van der Waals surface area contributed by atoms with Gasteiger partial charge in [0, 0.05) is 36.6 Å². The molecule has 9 heteroatoms. The Hall–Kier alpha value is -2.78. The summed E-state index contributed by atoms with van der Waals surface area (Å²) in [5, 5.41) is 2.24. The number of amides is 2. The highest BCUT2D eigenvalue weighted by Crippen LogP contribution is 2.29. The molecule has 36 heavy (non-hydrogen) atoms. The minimum atomic E-state index is -3.18. The second-order valence-electron chi connectivity index (χ2n) is 9.18. The summed E-state index contributed by atoms with van der Waals surface area (Å²) in [6, 6.07) is 13.1. The largest absolute Gasteiger partial charge is 0.326 e. The van der Waals surface area contributed by atoms with E-state index in [0.29, 0.717) is 38.2 Å². The Morgan fingerprint density at radius 2 is 1.81 bits per heavy atom. The molecule has 7 nitrogen and oxygen atoms in total. The van der Waals surface area contributed by atoms with E-state index >= 15 is 0 Å². The smallest absolute Gasteiger partial charge is 0.261 e. The van der Waals surface area contributed by atoms with E-state index in [9.17, 15) is 22.4 Å². The average molecular weight is 518 g/mol. The highest BCUT2D eigenvalue weighted by molar-refractivity contribution is 7.91. The number of nitrogens with one attached hydrogen (secondary N) is 1. The summed E-state index contributed by atoms with van der Waals surface area (Å²) in [5.41, 5.74) is 0.897. The number of carbonyl (C=O) groups excluding carboxylic acids is 2. The SMILES string of the molecule is CCCN1CC(CC(=O)Nc2ccc(C(=O)N(CC)c3ccccc3)c(F)c2)CCC1S(=O)(=O)CC. The summed E-state index contributed by atoms with van der Waals surface area (Å²) >= 11 is 0. The van der Waals surface area contributed by atoms with E-state index in [1.54, 1.807) is 19.1 Å². The molecule has 0 aliphatic carbocycles. The van der Waals surface area contributed by atoms with Gasteiger partial charge in [-0.25, -0.2) is 12.8 Å². The molecule has 196 valence electrons. The number of rotatable bonds is 10. The van der Waals surface area contributed by atoms with E-state index in [1.165, 1.54) is 17.0 Å². The first-order valence-corrected chi connectivity index (χ1v) is 14.3. The predicted octanol–water partition coefficient (Wildman–Crippen LogP) is 4.70. The van der Waals surface area contributed by atoms with Gasteiger partial charge in [0.05, 0.1) is 5.56 Å². The maximum Gasteiger partial charge on any atom is 0.261 e. The van der Waals surface area contributed by atoms with Crippen molar-refractivity contribution in [1.82, 2.24) is 4.90 Å². The van der Waals surface area contributed by atoms with Crippen LogP contribution in [0.25, 0.3) is 0 Å². The molecule has 2 aromatic carbocycles. The second kappa shape index (κ2) is 12.5. The molecule has 1 aliphatic rings. The van der Waals surface area contributed by atoms with Crippen molar-refractivity contribution in [2.45, 2.75) is 51.8 Å². The zero-order valence-electron chi connectivity index (χ0n) is 21.2. The highest BCUT2D eigenvalue weighted by Gasteiger charge is 2.36. The van der Waals surface area contributed by atoms with Crippen molar-refractivity contribution < 1.29 is 22.4 Å². The van der Waals surface area contributed by atoms with Crippen LogP contribution in [0.2, 0.25) is 0 Å². The van der Waals surface area contributed by atoms with Crippen LogP contribution in [0.3, 0.4) is 0 Å². The van der Waals surface area contributed by atoms with E-state index in [4.69, 9.17) is 0 Å². The van der Waals surface area contributed by atoms with Gasteiger partial charge in [-0.1, -0.05) is 32.0 Å². The first kappa shape index (κ1) is 27.8. The molecule has 1 heterocycles. The van der Waals surface area contributed by atoms with Gasteiger partial charge in [0.15, 0.2) is 9.84 Å². The second-order valence-corrected chi connectivity index (χ2v) is 11.6. The van der Waals surface area contributed by atoms with Crippen LogP contribution in [0.15, 0.2) is 48.5 Å². The van der Waals surface area contributed by atoms with Crippen LogP contribution in [-0.2, 0) is 14.6 Å². The molecular weight excluding hydrogens is 481 g/mol. The van der Waals surface area contributed by atoms with Gasteiger partial charge in [0.25, 0.3) is 5.91 Å². The lowest BCUT2D eigenvalue weighted by Gasteiger charge is -2.38. The van der Waals surface area contributed by atoms with Crippen molar-refractivity contribution in [3.05, 3.63) is 59.9 Å². The Labute approximate surface area is 213 Å². The van der Waals surface area contributed by atoms with Gasteiger partial charge in [0.2, 0.25) is 5.91 Å². The van der Waals surface area contributed by atoms with E-state index in [1.807, 2.05) is 36.9 Å².